The third-order valence-corrected chi connectivity index (χ3v) is 4.69. The Balaban J connectivity index is 1.52. The van der Waals surface area contributed by atoms with Gasteiger partial charge in [0, 0.05) is 24.5 Å². The van der Waals surface area contributed by atoms with E-state index in [9.17, 15) is 0 Å². The van der Waals surface area contributed by atoms with Crippen molar-refractivity contribution in [2.24, 2.45) is 0 Å². The maximum atomic E-state index is 15.5. The van der Waals surface area contributed by atoms with Gasteiger partial charge in [0.25, 0.3) is 5.89 Å². The van der Waals surface area contributed by atoms with Crippen LogP contribution in [0, 0.1) is 0 Å². The Labute approximate surface area is 152 Å². The summed E-state index contributed by atoms with van der Waals surface area (Å²) in [5.74, 6) is 1.17. The van der Waals surface area contributed by atoms with Gasteiger partial charge in [-0.05, 0) is 59.6 Å². The fourth-order valence-corrected chi connectivity index (χ4v) is 3.42. The van der Waals surface area contributed by atoms with Crippen molar-refractivity contribution in [2.75, 3.05) is 13.1 Å². The summed E-state index contributed by atoms with van der Waals surface area (Å²) in [7, 11) is 0. The van der Waals surface area contributed by atoms with E-state index in [2.05, 4.69) is 31.1 Å². The molecule has 0 radical (unpaired) electrons. The summed E-state index contributed by atoms with van der Waals surface area (Å²) in [4.78, 5) is 10.3. The fourth-order valence-electron chi connectivity index (χ4n) is 3.08. The molecule has 4 rings (SSSR count). The van der Waals surface area contributed by atoms with E-state index in [0.717, 1.165) is 12.3 Å². The van der Waals surface area contributed by atoms with Crippen LogP contribution in [0.4, 0.5) is 4.39 Å². The minimum Gasteiger partial charge on any atom is -0.453 e. The molecule has 6 nitrogen and oxygen atoms in total. The Morgan fingerprint density at radius 3 is 3.00 bits per heavy atom. The van der Waals surface area contributed by atoms with Crippen LogP contribution in [0.15, 0.2) is 50.3 Å². The molecule has 1 unspecified atom stereocenters. The molecule has 130 valence electrons. The Kier molecular flexibility index (Phi) is 4.39. The first-order valence-corrected chi connectivity index (χ1v) is 8.82. The molecule has 8 heteroatoms. The molecule has 4 heterocycles. The summed E-state index contributed by atoms with van der Waals surface area (Å²) < 4.78 is 26.9. The van der Waals surface area contributed by atoms with Crippen molar-refractivity contribution in [1.29, 1.82) is 0 Å². The quantitative estimate of drug-likeness (QED) is 0.653. The van der Waals surface area contributed by atoms with Gasteiger partial charge in [-0.3, -0.25) is 9.88 Å². The molecular weight excluding hydrogens is 391 g/mol. The van der Waals surface area contributed by atoms with Crippen LogP contribution in [0.25, 0.3) is 11.4 Å². The van der Waals surface area contributed by atoms with Crippen LogP contribution < -0.4 is 0 Å². The molecule has 1 fully saturated rings. The lowest BCUT2D eigenvalue weighted by Gasteiger charge is -2.34. The average Bonchev–Trinajstić information content (AvgIpc) is 3.26. The zero-order chi connectivity index (χ0) is 17.3. The number of likely N-dealkylation sites (tertiary alicyclic amines) is 1. The predicted molar refractivity (Wildman–Crippen MR) is 91.2 cm³/mol. The van der Waals surface area contributed by atoms with Gasteiger partial charge < -0.3 is 8.94 Å². The lowest BCUT2D eigenvalue weighted by Crippen LogP contribution is -2.43. The fraction of sp³-hybridized carbons (Fsp3) is 0.353. The summed E-state index contributed by atoms with van der Waals surface area (Å²) in [5.41, 5.74) is -0.954. The molecule has 0 aromatic carbocycles. The lowest BCUT2D eigenvalue weighted by atomic mass is 9.94. The number of pyridine rings is 1. The summed E-state index contributed by atoms with van der Waals surface area (Å²) in [6.07, 6.45) is 4.36. The molecule has 0 amide bonds. The minimum atomic E-state index is -1.66. The minimum absolute atomic E-state index is 0.0247. The molecule has 1 atom stereocenters. The number of hydrogen-bond acceptors (Lipinski definition) is 6. The summed E-state index contributed by atoms with van der Waals surface area (Å²) >= 11 is 3.28. The van der Waals surface area contributed by atoms with Gasteiger partial charge in [-0.1, -0.05) is 5.16 Å². The van der Waals surface area contributed by atoms with Crippen LogP contribution in [0.2, 0.25) is 0 Å². The van der Waals surface area contributed by atoms with Crippen molar-refractivity contribution in [2.45, 2.75) is 25.1 Å². The van der Waals surface area contributed by atoms with Crippen molar-refractivity contribution in [3.8, 4) is 11.4 Å². The van der Waals surface area contributed by atoms with E-state index in [1.54, 1.807) is 18.5 Å². The molecule has 25 heavy (non-hydrogen) atoms. The number of furan rings is 1. The number of alkyl halides is 1. The highest BCUT2D eigenvalue weighted by molar-refractivity contribution is 9.10. The molecule has 0 aliphatic carbocycles. The number of nitrogens with zero attached hydrogens (tertiary/aromatic N) is 4. The second kappa shape index (κ2) is 6.68. The summed E-state index contributed by atoms with van der Waals surface area (Å²) in [6.45, 7) is 1.54. The van der Waals surface area contributed by atoms with Gasteiger partial charge in [0.1, 0.15) is 5.76 Å². The SMILES string of the molecule is FC1(c2nc(-c3cccnc3)no2)CCCN(Cc2ccc(Br)o2)C1. The largest absolute Gasteiger partial charge is 0.453 e. The van der Waals surface area contributed by atoms with Crippen LogP contribution in [-0.2, 0) is 12.2 Å². The molecule has 1 aliphatic rings. The summed E-state index contributed by atoms with van der Waals surface area (Å²) in [6, 6.07) is 7.31. The van der Waals surface area contributed by atoms with Crippen LogP contribution in [-0.4, -0.2) is 33.1 Å². The molecule has 1 saturated heterocycles. The van der Waals surface area contributed by atoms with Gasteiger partial charge >= 0.3 is 0 Å². The van der Waals surface area contributed by atoms with Gasteiger partial charge in [-0.25, -0.2) is 4.39 Å². The van der Waals surface area contributed by atoms with Gasteiger partial charge in [0.15, 0.2) is 4.67 Å². The number of aromatic nitrogens is 3. The second-order valence-electron chi connectivity index (χ2n) is 6.15. The van der Waals surface area contributed by atoms with Crippen molar-refractivity contribution < 1.29 is 13.3 Å². The molecule has 1 aliphatic heterocycles. The third kappa shape index (κ3) is 3.50. The van der Waals surface area contributed by atoms with Crippen LogP contribution in [0.3, 0.4) is 0 Å². The lowest BCUT2D eigenvalue weighted by molar-refractivity contribution is 0.00992. The predicted octanol–water partition coefficient (Wildman–Crippen LogP) is 3.95. The van der Waals surface area contributed by atoms with Gasteiger partial charge in [-0.2, -0.15) is 4.98 Å². The first-order chi connectivity index (χ1) is 12.1. The second-order valence-corrected chi connectivity index (χ2v) is 6.93. The van der Waals surface area contributed by atoms with E-state index in [1.165, 1.54) is 0 Å². The van der Waals surface area contributed by atoms with Gasteiger partial charge in [0.2, 0.25) is 11.5 Å². The normalized spacial score (nSPS) is 21.5. The topological polar surface area (TPSA) is 68.2 Å². The van der Waals surface area contributed by atoms with Crippen LogP contribution in [0.5, 0.6) is 0 Å². The van der Waals surface area contributed by atoms with E-state index >= 15 is 4.39 Å². The molecule has 3 aromatic rings. The van der Waals surface area contributed by atoms with E-state index < -0.39 is 5.67 Å². The Morgan fingerprint density at radius 1 is 1.32 bits per heavy atom. The zero-order valence-corrected chi connectivity index (χ0v) is 14.9. The zero-order valence-electron chi connectivity index (χ0n) is 13.4. The maximum absolute atomic E-state index is 15.5. The monoisotopic (exact) mass is 406 g/mol. The number of rotatable bonds is 4. The number of halogens is 2. The highest BCUT2D eigenvalue weighted by atomic mass is 79.9. The van der Waals surface area contributed by atoms with E-state index in [0.29, 0.717) is 35.4 Å². The van der Waals surface area contributed by atoms with E-state index in [-0.39, 0.29) is 12.4 Å². The average molecular weight is 407 g/mol. The smallest absolute Gasteiger partial charge is 0.265 e. The number of piperidine rings is 1. The Morgan fingerprint density at radius 2 is 2.24 bits per heavy atom. The Hall–Kier alpha value is -2.06. The van der Waals surface area contributed by atoms with E-state index in [4.69, 9.17) is 8.94 Å². The van der Waals surface area contributed by atoms with Crippen molar-refractivity contribution >= 4 is 15.9 Å². The first kappa shape index (κ1) is 16.4. The summed E-state index contributed by atoms with van der Waals surface area (Å²) in [5, 5.41) is 3.91. The molecule has 0 spiro atoms. The molecule has 0 saturated carbocycles. The highest BCUT2D eigenvalue weighted by Crippen LogP contribution is 2.36. The third-order valence-electron chi connectivity index (χ3n) is 4.26. The molecule has 0 bridgehead atoms. The van der Waals surface area contributed by atoms with Crippen LogP contribution >= 0.6 is 15.9 Å². The van der Waals surface area contributed by atoms with Crippen molar-refractivity contribution in [3.05, 3.63) is 53.0 Å². The standard InChI is InChI=1S/C17H16BrFN4O2/c18-14-5-4-13(24-14)10-23-8-2-6-17(19,11-23)16-21-15(22-25-16)12-3-1-7-20-9-12/h1,3-5,7,9H,2,6,8,10-11H2. The molecule has 3 aromatic heterocycles. The highest BCUT2D eigenvalue weighted by Gasteiger charge is 2.42. The van der Waals surface area contributed by atoms with Gasteiger partial charge in [0.05, 0.1) is 6.54 Å². The van der Waals surface area contributed by atoms with Crippen molar-refractivity contribution in [1.82, 2.24) is 20.0 Å². The maximum Gasteiger partial charge on any atom is 0.265 e. The Bertz CT molecular complexity index is 853. The van der Waals surface area contributed by atoms with Gasteiger partial charge in [-0.15, -0.1) is 0 Å². The molecule has 0 N–H and O–H groups in total. The van der Waals surface area contributed by atoms with E-state index in [1.807, 2.05) is 23.1 Å². The van der Waals surface area contributed by atoms with Crippen LogP contribution in [0.1, 0.15) is 24.5 Å². The first-order valence-electron chi connectivity index (χ1n) is 8.02. The number of hydrogen-bond donors (Lipinski definition) is 0. The van der Waals surface area contributed by atoms with Crippen molar-refractivity contribution in [3.63, 3.8) is 0 Å². The molecular formula is C17H16BrFN4O2.